The van der Waals surface area contributed by atoms with Gasteiger partial charge in [0.1, 0.15) is 0 Å². The monoisotopic (exact) mass is 172 g/mol. The molecule has 0 radical (unpaired) electrons. The predicted octanol–water partition coefficient (Wildman–Crippen LogP) is -1.08. The highest BCUT2D eigenvalue weighted by Crippen LogP contribution is 2.27. The van der Waals surface area contributed by atoms with Gasteiger partial charge in [-0.3, -0.25) is 9.59 Å². The number of hydrogen-bond donors (Lipinski definition) is 3. The van der Waals surface area contributed by atoms with E-state index in [-0.39, 0.29) is 18.5 Å². The smallest absolute Gasteiger partial charge is 0.308 e. The first-order valence-electron chi connectivity index (χ1n) is 3.85. The molecule has 0 aromatic heterocycles. The number of aliphatic carboxylic acids is 1. The van der Waals surface area contributed by atoms with Crippen molar-refractivity contribution in [3.8, 4) is 0 Å². The van der Waals surface area contributed by atoms with Crippen LogP contribution < -0.4 is 11.1 Å². The Hall–Kier alpha value is -1.10. The number of carbonyl (C=O) groups is 2. The molecular formula is C7H12N2O3. The summed E-state index contributed by atoms with van der Waals surface area (Å²) < 4.78 is 0. The van der Waals surface area contributed by atoms with Crippen LogP contribution in [0.3, 0.4) is 0 Å². The Kier molecular flexibility index (Phi) is 2.65. The van der Waals surface area contributed by atoms with Crippen molar-refractivity contribution in [1.29, 1.82) is 0 Å². The van der Waals surface area contributed by atoms with Gasteiger partial charge >= 0.3 is 5.97 Å². The molecule has 5 heteroatoms. The molecule has 1 fully saturated rings. The van der Waals surface area contributed by atoms with Crippen molar-refractivity contribution in [3.63, 3.8) is 0 Å². The standard InChI is InChI=1S/C7H12N2O3/c8-6(10)3-9-5-2-1-4(5)7(11)12/h4-5,9H,1-3H2,(H2,8,10)(H,11,12). The number of primary amides is 1. The summed E-state index contributed by atoms with van der Waals surface area (Å²) in [6.45, 7) is 0.0639. The Bertz CT molecular complexity index is 205. The fraction of sp³-hybridized carbons (Fsp3) is 0.714. The van der Waals surface area contributed by atoms with E-state index in [1.165, 1.54) is 0 Å². The number of carboxylic acid groups (broad SMARTS) is 1. The second kappa shape index (κ2) is 3.53. The number of carbonyl (C=O) groups excluding carboxylic acids is 1. The molecule has 5 nitrogen and oxygen atoms in total. The fourth-order valence-electron chi connectivity index (χ4n) is 1.27. The van der Waals surface area contributed by atoms with Crippen LogP contribution in [0.1, 0.15) is 12.8 Å². The minimum atomic E-state index is -0.803. The Morgan fingerprint density at radius 3 is 2.50 bits per heavy atom. The van der Waals surface area contributed by atoms with E-state index in [1.54, 1.807) is 0 Å². The van der Waals surface area contributed by atoms with Gasteiger partial charge in [-0.25, -0.2) is 0 Å². The average Bonchev–Trinajstić information content (AvgIpc) is 1.82. The van der Waals surface area contributed by atoms with Gasteiger partial charge in [0.2, 0.25) is 5.91 Å². The van der Waals surface area contributed by atoms with E-state index in [2.05, 4.69) is 5.32 Å². The molecule has 68 valence electrons. The van der Waals surface area contributed by atoms with E-state index in [0.717, 1.165) is 6.42 Å². The first-order chi connectivity index (χ1) is 5.61. The first kappa shape index (κ1) is 8.99. The number of carboxylic acids is 1. The molecule has 1 amide bonds. The van der Waals surface area contributed by atoms with Gasteiger partial charge in [0, 0.05) is 6.04 Å². The number of hydrogen-bond acceptors (Lipinski definition) is 3. The molecule has 1 rings (SSSR count). The summed E-state index contributed by atoms with van der Waals surface area (Å²) in [6, 6.07) is -0.0741. The second-order valence-corrected chi connectivity index (χ2v) is 2.98. The molecule has 0 aromatic rings. The van der Waals surface area contributed by atoms with E-state index in [0.29, 0.717) is 6.42 Å². The second-order valence-electron chi connectivity index (χ2n) is 2.98. The maximum absolute atomic E-state index is 10.5. The number of nitrogens with two attached hydrogens (primary N) is 1. The van der Waals surface area contributed by atoms with Gasteiger partial charge < -0.3 is 16.2 Å². The number of rotatable bonds is 4. The zero-order valence-corrected chi connectivity index (χ0v) is 6.62. The van der Waals surface area contributed by atoms with E-state index in [9.17, 15) is 9.59 Å². The maximum Gasteiger partial charge on any atom is 0.308 e. The largest absolute Gasteiger partial charge is 0.481 e. The predicted molar refractivity (Wildman–Crippen MR) is 41.3 cm³/mol. The zero-order valence-electron chi connectivity index (χ0n) is 6.62. The molecule has 2 atom stereocenters. The number of nitrogens with one attached hydrogen (secondary N) is 1. The topological polar surface area (TPSA) is 92.4 Å². The Balaban J connectivity index is 2.25. The van der Waals surface area contributed by atoms with Crippen LogP contribution in [0.4, 0.5) is 0 Å². The summed E-state index contributed by atoms with van der Waals surface area (Å²) in [5, 5.41) is 11.4. The number of amides is 1. The average molecular weight is 172 g/mol. The zero-order chi connectivity index (χ0) is 9.14. The van der Waals surface area contributed by atoms with Gasteiger partial charge in [-0.05, 0) is 12.8 Å². The molecule has 1 aliphatic rings. The van der Waals surface area contributed by atoms with Crippen LogP contribution in [-0.4, -0.2) is 29.6 Å². The van der Waals surface area contributed by atoms with Gasteiger partial charge in [-0.1, -0.05) is 0 Å². The van der Waals surface area contributed by atoms with Gasteiger partial charge in [0.05, 0.1) is 12.5 Å². The molecule has 0 heterocycles. The van der Waals surface area contributed by atoms with Crippen LogP contribution in [0, 0.1) is 5.92 Å². The molecule has 12 heavy (non-hydrogen) atoms. The lowest BCUT2D eigenvalue weighted by molar-refractivity contribution is -0.146. The molecule has 0 spiro atoms. The fourth-order valence-corrected chi connectivity index (χ4v) is 1.27. The minimum absolute atomic E-state index is 0.0639. The normalized spacial score (nSPS) is 27.7. The summed E-state index contributed by atoms with van der Waals surface area (Å²) in [5.41, 5.74) is 4.89. The Morgan fingerprint density at radius 2 is 2.17 bits per heavy atom. The summed E-state index contributed by atoms with van der Waals surface area (Å²) >= 11 is 0. The van der Waals surface area contributed by atoms with E-state index < -0.39 is 11.9 Å². The molecule has 0 saturated heterocycles. The van der Waals surface area contributed by atoms with E-state index >= 15 is 0 Å². The maximum atomic E-state index is 10.5. The van der Waals surface area contributed by atoms with Gasteiger partial charge in [-0.15, -0.1) is 0 Å². The lowest BCUT2D eigenvalue weighted by Gasteiger charge is -2.33. The van der Waals surface area contributed by atoms with Crippen LogP contribution >= 0.6 is 0 Å². The molecular weight excluding hydrogens is 160 g/mol. The van der Waals surface area contributed by atoms with Crippen molar-refractivity contribution in [2.75, 3.05) is 6.54 Å². The highest BCUT2D eigenvalue weighted by atomic mass is 16.4. The highest BCUT2D eigenvalue weighted by Gasteiger charge is 2.36. The molecule has 2 unspecified atom stereocenters. The van der Waals surface area contributed by atoms with Gasteiger partial charge in [0.15, 0.2) is 0 Å². The van der Waals surface area contributed by atoms with E-state index in [1.807, 2.05) is 0 Å². The third kappa shape index (κ3) is 1.94. The lowest BCUT2D eigenvalue weighted by Crippen LogP contribution is -2.49. The Morgan fingerprint density at radius 1 is 1.50 bits per heavy atom. The third-order valence-corrected chi connectivity index (χ3v) is 2.13. The molecule has 0 aromatic carbocycles. The van der Waals surface area contributed by atoms with Gasteiger partial charge in [0.25, 0.3) is 0 Å². The summed E-state index contributed by atoms with van der Waals surface area (Å²) in [7, 11) is 0. The third-order valence-electron chi connectivity index (χ3n) is 2.13. The molecule has 4 N–H and O–H groups in total. The Labute approximate surface area is 69.9 Å². The minimum Gasteiger partial charge on any atom is -0.481 e. The first-order valence-corrected chi connectivity index (χ1v) is 3.85. The van der Waals surface area contributed by atoms with Crippen molar-refractivity contribution < 1.29 is 14.7 Å². The molecule has 1 aliphatic carbocycles. The SMILES string of the molecule is NC(=O)CNC1CCC1C(=O)O. The van der Waals surface area contributed by atoms with Crippen molar-refractivity contribution >= 4 is 11.9 Å². The summed E-state index contributed by atoms with van der Waals surface area (Å²) in [4.78, 5) is 20.8. The van der Waals surface area contributed by atoms with Crippen molar-refractivity contribution in [1.82, 2.24) is 5.32 Å². The van der Waals surface area contributed by atoms with Gasteiger partial charge in [-0.2, -0.15) is 0 Å². The van der Waals surface area contributed by atoms with E-state index in [4.69, 9.17) is 10.8 Å². The van der Waals surface area contributed by atoms with Crippen LogP contribution in [0.5, 0.6) is 0 Å². The van der Waals surface area contributed by atoms with Crippen LogP contribution in [0.15, 0.2) is 0 Å². The molecule has 0 bridgehead atoms. The quantitative estimate of drug-likeness (QED) is 0.503. The van der Waals surface area contributed by atoms with Crippen LogP contribution in [-0.2, 0) is 9.59 Å². The van der Waals surface area contributed by atoms with Crippen molar-refractivity contribution in [2.24, 2.45) is 11.7 Å². The summed E-state index contributed by atoms with van der Waals surface area (Å²) in [6.07, 6.45) is 1.50. The van der Waals surface area contributed by atoms with Crippen LogP contribution in [0.25, 0.3) is 0 Å². The molecule has 0 aliphatic heterocycles. The summed E-state index contributed by atoms with van der Waals surface area (Å²) in [5.74, 6) is -1.60. The van der Waals surface area contributed by atoms with Crippen molar-refractivity contribution in [3.05, 3.63) is 0 Å². The van der Waals surface area contributed by atoms with Crippen molar-refractivity contribution in [2.45, 2.75) is 18.9 Å². The highest BCUT2D eigenvalue weighted by molar-refractivity contribution is 5.76. The van der Waals surface area contributed by atoms with Crippen LogP contribution in [0.2, 0.25) is 0 Å². The lowest BCUT2D eigenvalue weighted by atomic mass is 9.79. The molecule has 1 saturated carbocycles.